The molecule has 0 radical (unpaired) electrons. The average molecular weight is 394 g/mol. The minimum absolute atomic E-state index is 0.209. The summed E-state index contributed by atoms with van der Waals surface area (Å²) in [4.78, 5) is 20.6. The smallest absolute Gasteiger partial charge is 0.338 e. The maximum absolute atomic E-state index is 13.5. The van der Waals surface area contributed by atoms with E-state index >= 15 is 0 Å². The molecule has 28 heavy (non-hydrogen) atoms. The SMILES string of the molecule is COC(=O)c1cc(F)ccc1CSc1ncnc2c1cnn2-c1ccccc1. The molecule has 0 atom stereocenters. The molecule has 0 amide bonds. The molecule has 0 unspecified atom stereocenters. The molecule has 0 spiro atoms. The lowest BCUT2D eigenvalue weighted by Gasteiger charge is -2.08. The van der Waals surface area contributed by atoms with E-state index in [9.17, 15) is 9.18 Å². The van der Waals surface area contributed by atoms with Gasteiger partial charge in [-0.25, -0.2) is 23.8 Å². The first-order valence-electron chi connectivity index (χ1n) is 8.41. The van der Waals surface area contributed by atoms with E-state index in [0.29, 0.717) is 17.0 Å². The van der Waals surface area contributed by atoms with Crippen molar-refractivity contribution < 1.29 is 13.9 Å². The molecule has 8 heteroatoms. The van der Waals surface area contributed by atoms with Crippen LogP contribution in [0.15, 0.2) is 66.1 Å². The first-order valence-corrected chi connectivity index (χ1v) is 9.39. The van der Waals surface area contributed by atoms with Gasteiger partial charge in [0, 0.05) is 5.75 Å². The number of aromatic nitrogens is 4. The zero-order valence-electron chi connectivity index (χ0n) is 14.9. The number of rotatable bonds is 5. The minimum Gasteiger partial charge on any atom is -0.465 e. The number of ether oxygens (including phenoxy) is 1. The van der Waals surface area contributed by atoms with Gasteiger partial charge in [-0.3, -0.25) is 0 Å². The molecule has 0 aliphatic heterocycles. The van der Waals surface area contributed by atoms with Crippen molar-refractivity contribution in [1.82, 2.24) is 19.7 Å². The Kier molecular flexibility index (Phi) is 5.03. The number of benzene rings is 2. The van der Waals surface area contributed by atoms with Crippen LogP contribution in [0.1, 0.15) is 15.9 Å². The van der Waals surface area contributed by atoms with Crippen LogP contribution in [0.25, 0.3) is 16.7 Å². The van der Waals surface area contributed by atoms with Gasteiger partial charge in [-0.1, -0.05) is 24.3 Å². The monoisotopic (exact) mass is 394 g/mol. The minimum atomic E-state index is -0.570. The Labute approximate surface area is 164 Å². The molecule has 0 saturated heterocycles. The lowest BCUT2D eigenvalue weighted by molar-refractivity contribution is 0.0599. The van der Waals surface area contributed by atoms with Gasteiger partial charge in [0.1, 0.15) is 17.2 Å². The van der Waals surface area contributed by atoms with Crippen molar-refractivity contribution in [2.45, 2.75) is 10.8 Å². The lowest BCUT2D eigenvalue weighted by atomic mass is 10.1. The molecule has 0 N–H and O–H groups in total. The van der Waals surface area contributed by atoms with Crippen molar-refractivity contribution in [2.75, 3.05) is 7.11 Å². The van der Waals surface area contributed by atoms with E-state index in [1.807, 2.05) is 30.3 Å². The van der Waals surface area contributed by atoms with Crippen molar-refractivity contribution in [1.29, 1.82) is 0 Å². The third kappa shape index (κ3) is 3.46. The van der Waals surface area contributed by atoms with E-state index in [1.54, 1.807) is 16.9 Å². The fraction of sp³-hybridized carbons (Fsp3) is 0.100. The number of esters is 1. The van der Waals surface area contributed by atoms with Crippen molar-refractivity contribution in [3.63, 3.8) is 0 Å². The van der Waals surface area contributed by atoms with Gasteiger partial charge in [-0.2, -0.15) is 5.10 Å². The summed E-state index contributed by atoms with van der Waals surface area (Å²) in [7, 11) is 1.27. The third-order valence-electron chi connectivity index (χ3n) is 4.17. The number of nitrogens with zero attached hydrogens (tertiary/aromatic N) is 4. The Hall–Kier alpha value is -3.26. The Morgan fingerprint density at radius 1 is 1.18 bits per heavy atom. The summed E-state index contributed by atoms with van der Waals surface area (Å²) in [6, 6.07) is 13.8. The van der Waals surface area contributed by atoms with Crippen molar-refractivity contribution >= 4 is 28.8 Å². The van der Waals surface area contributed by atoms with Crippen LogP contribution in [0.3, 0.4) is 0 Å². The van der Waals surface area contributed by atoms with Crippen LogP contribution in [0, 0.1) is 5.82 Å². The summed E-state index contributed by atoms with van der Waals surface area (Å²) in [5, 5.41) is 5.96. The van der Waals surface area contributed by atoms with Crippen LogP contribution >= 0.6 is 11.8 Å². The van der Waals surface area contributed by atoms with Crippen molar-refractivity contribution in [2.24, 2.45) is 0 Å². The largest absolute Gasteiger partial charge is 0.465 e. The predicted octanol–water partition coefficient (Wildman–Crippen LogP) is 4.03. The van der Waals surface area contributed by atoms with Gasteiger partial charge >= 0.3 is 5.97 Å². The van der Waals surface area contributed by atoms with E-state index < -0.39 is 11.8 Å². The molecule has 2 aromatic heterocycles. The fourth-order valence-electron chi connectivity index (χ4n) is 2.82. The molecule has 4 rings (SSSR count). The summed E-state index contributed by atoms with van der Waals surface area (Å²) < 4.78 is 20.0. The van der Waals surface area contributed by atoms with Crippen LogP contribution in [0.5, 0.6) is 0 Å². The Morgan fingerprint density at radius 2 is 2.00 bits per heavy atom. The van der Waals surface area contributed by atoms with E-state index in [0.717, 1.165) is 16.1 Å². The summed E-state index contributed by atoms with van der Waals surface area (Å²) in [5.41, 5.74) is 2.47. The number of halogens is 1. The number of thioether (sulfide) groups is 1. The summed E-state index contributed by atoms with van der Waals surface area (Å²) in [6.45, 7) is 0. The van der Waals surface area contributed by atoms with Crippen LogP contribution in [0.2, 0.25) is 0 Å². The summed E-state index contributed by atoms with van der Waals surface area (Å²) in [5.74, 6) is -0.629. The molecule has 0 saturated carbocycles. The van der Waals surface area contributed by atoms with Crippen LogP contribution in [0.4, 0.5) is 4.39 Å². The quantitative estimate of drug-likeness (QED) is 0.289. The highest BCUT2D eigenvalue weighted by molar-refractivity contribution is 7.98. The molecule has 0 fully saturated rings. The van der Waals surface area contributed by atoms with Crippen molar-refractivity contribution in [3.05, 3.63) is 78.0 Å². The number of fused-ring (bicyclic) bond motifs is 1. The molecule has 0 aliphatic carbocycles. The van der Waals surface area contributed by atoms with Crippen LogP contribution < -0.4 is 0 Å². The number of para-hydroxylation sites is 1. The van der Waals surface area contributed by atoms with E-state index in [1.165, 1.54) is 37.3 Å². The highest BCUT2D eigenvalue weighted by Crippen LogP contribution is 2.29. The standard InChI is InChI=1S/C20H15FN4O2S/c1-27-20(26)16-9-14(21)8-7-13(16)11-28-19-17-10-24-25(18(17)22-12-23-19)15-5-3-2-4-6-15/h2-10,12H,11H2,1H3. The number of methoxy groups -OCH3 is 1. The molecule has 0 bridgehead atoms. The Bertz CT molecular complexity index is 1150. The zero-order chi connectivity index (χ0) is 19.5. The van der Waals surface area contributed by atoms with E-state index in [4.69, 9.17) is 4.74 Å². The molecule has 4 aromatic rings. The van der Waals surface area contributed by atoms with Gasteiger partial charge in [0.25, 0.3) is 0 Å². The summed E-state index contributed by atoms with van der Waals surface area (Å²) >= 11 is 1.42. The zero-order valence-corrected chi connectivity index (χ0v) is 15.7. The first-order chi connectivity index (χ1) is 13.7. The van der Waals surface area contributed by atoms with Gasteiger partial charge in [0.05, 0.1) is 29.9 Å². The molecule has 6 nitrogen and oxygen atoms in total. The van der Waals surface area contributed by atoms with Crippen LogP contribution in [-0.2, 0) is 10.5 Å². The maximum Gasteiger partial charge on any atom is 0.338 e. The highest BCUT2D eigenvalue weighted by atomic mass is 32.2. The molecule has 0 aliphatic rings. The van der Waals surface area contributed by atoms with Crippen LogP contribution in [-0.4, -0.2) is 32.8 Å². The van der Waals surface area contributed by atoms with Gasteiger partial charge < -0.3 is 4.74 Å². The summed E-state index contributed by atoms with van der Waals surface area (Å²) in [6.07, 6.45) is 3.20. The Balaban J connectivity index is 1.65. The second kappa shape index (κ2) is 7.77. The highest BCUT2D eigenvalue weighted by Gasteiger charge is 2.16. The normalized spacial score (nSPS) is 10.9. The first kappa shape index (κ1) is 18.1. The predicted molar refractivity (Wildman–Crippen MR) is 104 cm³/mol. The molecule has 2 aromatic carbocycles. The fourth-order valence-corrected chi connectivity index (χ4v) is 3.78. The lowest BCUT2D eigenvalue weighted by Crippen LogP contribution is -2.06. The number of carbonyl (C=O) groups is 1. The second-order valence-electron chi connectivity index (χ2n) is 5.89. The van der Waals surface area contributed by atoms with Gasteiger partial charge in [-0.05, 0) is 29.8 Å². The van der Waals surface area contributed by atoms with Gasteiger partial charge in [-0.15, -0.1) is 11.8 Å². The van der Waals surface area contributed by atoms with Crippen molar-refractivity contribution in [3.8, 4) is 5.69 Å². The van der Waals surface area contributed by atoms with E-state index in [2.05, 4.69) is 15.1 Å². The second-order valence-corrected chi connectivity index (χ2v) is 6.85. The topological polar surface area (TPSA) is 69.9 Å². The number of carbonyl (C=O) groups excluding carboxylic acids is 1. The van der Waals surface area contributed by atoms with Gasteiger partial charge in [0.15, 0.2) is 5.65 Å². The Morgan fingerprint density at radius 3 is 2.79 bits per heavy atom. The van der Waals surface area contributed by atoms with E-state index in [-0.39, 0.29) is 5.56 Å². The maximum atomic E-state index is 13.5. The molecular weight excluding hydrogens is 379 g/mol. The molecule has 2 heterocycles. The average Bonchev–Trinajstić information content (AvgIpc) is 3.17. The number of hydrogen-bond acceptors (Lipinski definition) is 6. The van der Waals surface area contributed by atoms with Gasteiger partial charge in [0.2, 0.25) is 0 Å². The third-order valence-corrected chi connectivity index (χ3v) is 5.23. The molecular formula is C20H15FN4O2S. The molecule has 140 valence electrons. The number of hydrogen-bond donors (Lipinski definition) is 0.